The summed E-state index contributed by atoms with van der Waals surface area (Å²) in [6, 6.07) is 5.51. The topological polar surface area (TPSA) is 61.7 Å². The molecule has 0 unspecified atom stereocenters. The molecule has 0 fully saturated rings. The van der Waals surface area contributed by atoms with Gasteiger partial charge in [0, 0.05) is 16.1 Å². The number of halogens is 1. The molecule has 0 saturated carbocycles. The van der Waals surface area contributed by atoms with Crippen LogP contribution in [0.15, 0.2) is 33.7 Å². The lowest BCUT2D eigenvalue weighted by atomic mass is 10.1. The number of nitrogens with one attached hydrogen (secondary N) is 1. The molecule has 2 N–H and O–H groups in total. The Balaban J connectivity index is 2.55. The molecular weight excluding hydrogens is 260 g/mol. The van der Waals surface area contributed by atoms with Crippen molar-refractivity contribution in [1.29, 1.82) is 0 Å². The summed E-state index contributed by atoms with van der Waals surface area (Å²) in [7, 11) is 0. The molecule has 0 aliphatic carbocycles. The molecule has 1 aliphatic rings. The Hall–Kier alpha value is -1.62. The highest BCUT2D eigenvalue weighted by molar-refractivity contribution is 9.10. The number of carboxylic acid groups (broad SMARTS) is 1. The molecule has 76 valence electrons. The second kappa shape index (κ2) is 3.86. The minimum atomic E-state index is -0.987. The third kappa shape index (κ3) is 2.07. The van der Waals surface area contributed by atoms with E-state index < -0.39 is 5.97 Å². The van der Waals surface area contributed by atoms with Crippen LogP contribution in [0.3, 0.4) is 0 Å². The number of hydrogen-bond acceptors (Lipinski definition) is 3. The smallest absolute Gasteiger partial charge is 0.330 e. The summed E-state index contributed by atoms with van der Waals surface area (Å²) in [6.07, 6.45) is 2.60. The van der Waals surface area contributed by atoms with Crippen LogP contribution < -0.4 is 5.32 Å². The first-order chi connectivity index (χ1) is 7.16. The third-order valence-corrected chi connectivity index (χ3v) is 2.43. The van der Waals surface area contributed by atoms with Crippen molar-refractivity contribution in [2.24, 2.45) is 4.99 Å². The Morgan fingerprint density at radius 1 is 1.53 bits per heavy atom. The van der Waals surface area contributed by atoms with E-state index in [9.17, 15) is 4.79 Å². The monoisotopic (exact) mass is 266 g/mol. The lowest BCUT2D eigenvalue weighted by Crippen LogP contribution is -2.14. The van der Waals surface area contributed by atoms with E-state index >= 15 is 0 Å². The maximum Gasteiger partial charge on any atom is 0.330 e. The molecule has 1 heterocycles. The molecule has 0 aromatic heterocycles. The van der Waals surface area contributed by atoms with Crippen molar-refractivity contribution in [3.05, 3.63) is 34.3 Å². The van der Waals surface area contributed by atoms with Crippen LogP contribution in [0.4, 0.5) is 5.69 Å². The van der Waals surface area contributed by atoms with Gasteiger partial charge in [-0.25, -0.2) is 9.79 Å². The molecule has 0 spiro atoms. The molecular formula is C10H7BrN2O2. The molecule has 0 atom stereocenters. The molecule has 0 bridgehead atoms. The van der Waals surface area contributed by atoms with Crippen LogP contribution in [0.25, 0.3) is 5.70 Å². The van der Waals surface area contributed by atoms with Gasteiger partial charge in [0.25, 0.3) is 0 Å². The molecule has 0 saturated heterocycles. The van der Waals surface area contributed by atoms with Crippen LogP contribution in [0, 0.1) is 0 Å². The summed E-state index contributed by atoms with van der Waals surface area (Å²) < 4.78 is 0.886. The maximum absolute atomic E-state index is 10.6. The van der Waals surface area contributed by atoms with Gasteiger partial charge < -0.3 is 10.4 Å². The van der Waals surface area contributed by atoms with Crippen LogP contribution in [0.5, 0.6) is 0 Å². The van der Waals surface area contributed by atoms with Crippen molar-refractivity contribution in [2.75, 3.05) is 0 Å². The number of carbonyl (C=O) groups is 1. The van der Waals surface area contributed by atoms with E-state index in [-0.39, 0.29) is 0 Å². The number of nitrogens with zero attached hydrogens (tertiary/aromatic N) is 1. The van der Waals surface area contributed by atoms with Gasteiger partial charge in [-0.15, -0.1) is 0 Å². The largest absolute Gasteiger partial charge is 0.478 e. The zero-order chi connectivity index (χ0) is 10.8. The van der Waals surface area contributed by atoms with Crippen LogP contribution in [-0.2, 0) is 4.79 Å². The summed E-state index contributed by atoms with van der Waals surface area (Å²) in [5.41, 5.74) is 2.06. The van der Waals surface area contributed by atoms with Crippen LogP contribution in [0.1, 0.15) is 5.56 Å². The zero-order valence-electron chi connectivity index (χ0n) is 7.57. The molecule has 0 amide bonds. The average molecular weight is 267 g/mol. The van der Waals surface area contributed by atoms with Gasteiger partial charge in [0.15, 0.2) is 0 Å². The number of aliphatic carboxylic acids is 1. The summed E-state index contributed by atoms with van der Waals surface area (Å²) in [6.45, 7) is 0. The van der Waals surface area contributed by atoms with Crippen LogP contribution in [-0.4, -0.2) is 17.4 Å². The van der Waals surface area contributed by atoms with Crippen molar-refractivity contribution in [3.8, 4) is 0 Å². The van der Waals surface area contributed by atoms with Gasteiger partial charge in [0.2, 0.25) is 0 Å². The third-order valence-electron chi connectivity index (χ3n) is 1.94. The Morgan fingerprint density at radius 3 is 3.07 bits per heavy atom. The van der Waals surface area contributed by atoms with Crippen molar-refractivity contribution >= 4 is 39.6 Å². The summed E-state index contributed by atoms with van der Waals surface area (Å²) >= 11 is 3.33. The van der Waals surface area contributed by atoms with Crippen molar-refractivity contribution in [2.45, 2.75) is 0 Å². The first-order valence-electron chi connectivity index (χ1n) is 4.20. The number of carboxylic acids is 1. The molecule has 5 heteroatoms. The lowest BCUT2D eigenvalue weighted by molar-refractivity contribution is -0.131. The van der Waals surface area contributed by atoms with Gasteiger partial charge >= 0.3 is 5.97 Å². The predicted molar refractivity (Wildman–Crippen MR) is 61.0 cm³/mol. The second-order valence-electron chi connectivity index (χ2n) is 2.96. The first-order valence-corrected chi connectivity index (χ1v) is 5.00. The Kier molecular flexibility index (Phi) is 2.55. The van der Waals surface area contributed by atoms with Crippen LogP contribution >= 0.6 is 15.9 Å². The molecule has 1 aromatic carbocycles. The van der Waals surface area contributed by atoms with Crippen molar-refractivity contribution in [1.82, 2.24) is 5.32 Å². The Bertz CT molecular complexity index is 480. The lowest BCUT2D eigenvalue weighted by Gasteiger charge is -2.14. The number of benzene rings is 1. The summed E-state index contributed by atoms with van der Waals surface area (Å²) in [5.74, 6) is -0.987. The quantitative estimate of drug-likeness (QED) is 0.766. The van der Waals surface area contributed by atoms with E-state index in [0.29, 0.717) is 5.70 Å². The fourth-order valence-electron chi connectivity index (χ4n) is 1.33. The number of aliphatic imine (C=N–C) groups is 1. The molecule has 1 aromatic rings. The summed E-state index contributed by atoms with van der Waals surface area (Å²) in [5, 5.41) is 11.5. The SMILES string of the molecule is O=C(O)/C=C1\NC=Nc2ccc(Br)cc21. The number of hydrogen-bond donors (Lipinski definition) is 2. The highest BCUT2D eigenvalue weighted by atomic mass is 79.9. The van der Waals surface area contributed by atoms with Gasteiger partial charge in [-0.05, 0) is 18.2 Å². The second-order valence-corrected chi connectivity index (χ2v) is 3.88. The standard InChI is InChI=1S/C10H7BrN2O2/c11-6-1-2-8-7(3-6)9(4-10(14)15)13-5-12-8/h1-5H,(H,12,13)(H,14,15)/b9-4-. The molecule has 0 radical (unpaired) electrons. The van der Waals surface area contributed by atoms with E-state index in [1.54, 1.807) is 0 Å². The van der Waals surface area contributed by atoms with E-state index in [1.807, 2.05) is 18.2 Å². The average Bonchev–Trinajstić information content (AvgIpc) is 2.18. The number of rotatable bonds is 1. The Morgan fingerprint density at radius 2 is 2.33 bits per heavy atom. The van der Waals surface area contributed by atoms with Crippen LogP contribution in [0.2, 0.25) is 0 Å². The highest BCUT2D eigenvalue weighted by Gasteiger charge is 2.12. The summed E-state index contributed by atoms with van der Waals surface area (Å²) in [4.78, 5) is 14.7. The fraction of sp³-hybridized carbons (Fsp3) is 0. The molecule has 2 rings (SSSR count). The minimum Gasteiger partial charge on any atom is -0.478 e. The van der Waals surface area contributed by atoms with Gasteiger partial charge in [0.1, 0.15) is 0 Å². The van der Waals surface area contributed by atoms with Gasteiger partial charge in [-0.1, -0.05) is 15.9 Å². The number of fused-ring (bicyclic) bond motifs is 1. The molecule has 1 aliphatic heterocycles. The zero-order valence-corrected chi connectivity index (χ0v) is 9.15. The highest BCUT2D eigenvalue weighted by Crippen LogP contribution is 2.29. The normalized spacial score (nSPS) is 15.9. The maximum atomic E-state index is 10.6. The van der Waals surface area contributed by atoms with E-state index in [2.05, 4.69) is 26.2 Å². The minimum absolute atomic E-state index is 0.536. The van der Waals surface area contributed by atoms with Crippen molar-refractivity contribution < 1.29 is 9.90 Å². The van der Waals surface area contributed by atoms with Crippen molar-refractivity contribution in [3.63, 3.8) is 0 Å². The first kappa shape index (κ1) is 9.92. The molecule has 15 heavy (non-hydrogen) atoms. The van der Waals surface area contributed by atoms with E-state index in [1.165, 1.54) is 6.34 Å². The fourth-order valence-corrected chi connectivity index (χ4v) is 1.69. The van der Waals surface area contributed by atoms with Gasteiger partial charge in [-0.2, -0.15) is 0 Å². The molecule has 4 nitrogen and oxygen atoms in total. The van der Waals surface area contributed by atoms with Gasteiger partial charge in [-0.3, -0.25) is 0 Å². The van der Waals surface area contributed by atoms with E-state index in [4.69, 9.17) is 5.11 Å². The predicted octanol–water partition coefficient (Wildman–Crippen LogP) is 2.14. The Labute approximate surface area is 94.5 Å². The van der Waals surface area contributed by atoms with E-state index in [0.717, 1.165) is 21.8 Å². The van der Waals surface area contributed by atoms with Gasteiger partial charge in [0.05, 0.1) is 17.7 Å².